The zero-order valence-corrected chi connectivity index (χ0v) is 8.99. The third-order valence-corrected chi connectivity index (χ3v) is 3.89. The van der Waals surface area contributed by atoms with Crippen molar-refractivity contribution in [2.45, 2.75) is 19.0 Å². The molecular weight excluding hydrogens is 206 g/mol. The molecule has 2 atom stereocenters. The molecule has 0 aliphatic carbocycles. The Balaban J connectivity index is 3.61. The number of rotatable bonds is 6. The largest absolute Gasteiger partial charge is 0.329 e. The van der Waals surface area contributed by atoms with E-state index in [0.717, 1.165) is 6.42 Å². The molecule has 0 rings (SSSR count). The SMILES string of the molecule is CCC(CCl)[PH](=O)OCCCl. The minimum absolute atomic E-state index is 0.00452. The lowest BCUT2D eigenvalue weighted by Gasteiger charge is -2.10. The van der Waals surface area contributed by atoms with Gasteiger partial charge in [-0.3, -0.25) is 4.57 Å². The summed E-state index contributed by atoms with van der Waals surface area (Å²) in [6, 6.07) is 0. The lowest BCUT2D eigenvalue weighted by Crippen LogP contribution is -2.04. The number of alkyl halides is 2. The van der Waals surface area contributed by atoms with Gasteiger partial charge in [-0.05, 0) is 6.42 Å². The van der Waals surface area contributed by atoms with E-state index < -0.39 is 8.03 Å². The van der Waals surface area contributed by atoms with Gasteiger partial charge < -0.3 is 4.52 Å². The Hall–Kier alpha value is 0.770. The van der Waals surface area contributed by atoms with Gasteiger partial charge >= 0.3 is 0 Å². The van der Waals surface area contributed by atoms with Crippen LogP contribution in [0.5, 0.6) is 0 Å². The van der Waals surface area contributed by atoms with E-state index in [1.165, 1.54) is 0 Å². The van der Waals surface area contributed by atoms with E-state index in [9.17, 15) is 4.57 Å². The number of hydrogen-bond donors (Lipinski definition) is 0. The van der Waals surface area contributed by atoms with Gasteiger partial charge in [-0.1, -0.05) is 6.92 Å². The third kappa shape index (κ3) is 5.08. The van der Waals surface area contributed by atoms with Crippen LogP contribution in [0.1, 0.15) is 13.3 Å². The molecule has 0 aromatic rings. The minimum Gasteiger partial charge on any atom is -0.329 e. The molecule has 0 spiro atoms. The topological polar surface area (TPSA) is 26.3 Å². The van der Waals surface area contributed by atoms with E-state index in [-0.39, 0.29) is 5.66 Å². The molecule has 0 saturated heterocycles. The van der Waals surface area contributed by atoms with Gasteiger partial charge in [0.1, 0.15) is 0 Å². The molecule has 68 valence electrons. The van der Waals surface area contributed by atoms with Crippen LogP contribution >= 0.6 is 31.2 Å². The second-order valence-electron chi connectivity index (χ2n) is 2.12. The molecule has 0 bridgehead atoms. The molecule has 0 saturated carbocycles. The van der Waals surface area contributed by atoms with Crippen molar-refractivity contribution in [1.82, 2.24) is 0 Å². The maximum Gasteiger partial charge on any atom is 0.195 e. The van der Waals surface area contributed by atoms with Crippen LogP contribution in [0.15, 0.2) is 0 Å². The monoisotopic (exact) mass is 218 g/mol. The average molecular weight is 219 g/mol. The molecule has 0 radical (unpaired) electrons. The first kappa shape index (κ1) is 11.8. The van der Waals surface area contributed by atoms with Gasteiger partial charge in [0.2, 0.25) is 0 Å². The fourth-order valence-corrected chi connectivity index (χ4v) is 2.40. The van der Waals surface area contributed by atoms with Crippen LogP contribution in [-0.2, 0) is 9.09 Å². The van der Waals surface area contributed by atoms with Crippen molar-refractivity contribution in [1.29, 1.82) is 0 Å². The van der Waals surface area contributed by atoms with Gasteiger partial charge in [-0.2, -0.15) is 0 Å². The highest BCUT2D eigenvalue weighted by Gasteiger charge is 2.12. The molecule has 2 unspecified atom stereocenters. The standard InChI is InChI=1S/C6H13Cl2O2P/c1-2-6(5-8)11(9)10-4-3-7/h6,11H,2-5H2,1H3. The Labute approximate surface area is 78.1 Å². The summed E-state index contributed by atoms with van der Waals surface area (Å²) in [7, 11) is -1.96. The summed E-state index contributed by atoms with van der Waals surface area (Å²) in [5.74, 6) is 0.783. The average Bonchev–Trinajstić information content (AvgIpc) is 2.03. The molecule has 0 aliphatic rings. The minimum atomic E-state index is -1.96. The first-order valence-electron chi connectivity index (χ1n) is 3.54. The second-order valence-corrected chi connectivity index (χ2v) is 4.55. The molecule has 0 N–H and O–H groups in total. The van der Waals surface area contributed by atoms with Gasteiger partial charge in [-0.25, -0.2) is 0 Å². The molecular formula is C6H13Cl2O2P. The molecule has 0 fully saturated rings. The summed E-state index contributed by atoms with van der Waals surface area (Å²) >= 11 is 10.9. The van der Waals surface area contributed by atoms with E-state index in [2.05, 4.69) is 0 Å². The second kappa shape index (κ2) is 7.42. The molecule has 0 aliphatic heterocycles. The Morgan fingerprint density at radius 3 is 2.55 bits per heavy atom. The van der Waals surface area contributed by atoms with Gasteiger partial charge in [0.15, 0.2) is 8.03 Å². The third-order valence-electron chi connectivity index (χ3n) is 1.33. The van der Waals surface area contributed by atoms with Crippen LogP contribution in [0.3, 0.4) is 0 Å². The Morgan fingerprint density at radius 1 is 1.55 bits per heavy atom. The quantitative estimate of drug-likeness (QED) is 0.507. The van der Waals surface area contributed by atoms with E-state index >= 15 is 0 Å². The summed E-state index contributed by atoms with van der Waals surface area (Å²) in [5.41, 5.74) is 0.00452. The van der Waals surface area contributed by atoms with Gasteiger partial charge in [0.25, 0.3) is 0 Å². The molecule has 0 heterocycles. The molecule has 11 heavy (non-hydrogen) atoms. The summed E-state index contributed by atoms with van der Waals surface area (Å²) in [6.45, 7) is 2.30. The van der Waals surface area contributed by atoms with Crippen LogP contribution in [0.25, 0.3) is 0 Å². The van der Waals surface area contributed by atoms with E-state index in [0.29, 0.717) is 18.4 Å². The molecule has 2 nitrogen and oxygen atoms in total. The first-order chi connectivity index (χ1) is 5.26. The molecule has 0 aromatic carbocycles. The first-order valence-corrected chi connectivity index (χ1v) is 6.01. The smallest absolute Gasteiger partial charge is 0.195 e. The number of hydrogen-bond acceptors (Lipinski definition) is 2. The van der Waals surface area contributed by atoms with E-state index in [4.69, 9.17) is 27.7 Å². The van der Waals surface area contributed by atoms with Crippen LogP contribution in [-0.4, -0.2) is 24.0 Å². The normalized spacial score (nSPS) is 16.3. The summed E-state index contributed by atoms with van der Waals surface area (Å²) < 4.78 is 16.1. The van der Waals surface area contributed by atoms with Crippen LogP contribution in [0, 0.1) is 0 Å². The zero-order chi connectivity index (χ0) is 8.69. The van der Waals surface area contributed by atoms with Crippen molar-refractivity contribution >= 4 is 31.2 Å². The predicted molar refractivity (Wildman–Crippen MR) is 50.5 cm³/mol. The fraction of sp³-hybridized carbons (Fsp3) is 1.00. The summed E-state index contributed by atoms with van der Waals surface area (Å²) in [4.78, 5) is 0. The van der Waals surface area contributed by atoms with Gasteiger partial charge in [0.05, 0.1) is 6.61 Å². The van der Waals surface area contributed by atoms with Crippen molar-refractivity contribution < 1.29 is 9.09 Å². The van der Waals surface area contributed by atoms with E-state index in [1.54, 1.807) is 0 Å². The Bertz CT molecular complexity index is 117. The van der Waals surface area contributed by atoms with Gasteiger partial charge in [0, 0.05) is 17.4 Å². The van der Waals surface area contributed by atoms with Crippen LogP contribution < -0.4 is 0 Å². The van der Waals surface area contributed by atoms with E-state index in [1.807, 2.05) is 6.92 Å². The van der Waals surface area contributed by atoms with Crippen molar-refractivity contribution in [2.24, 2.45) is 0 Å². The fourth-order valence-electron chi connectivity index (χ4n) is 0.596. The highest BCUT2D eigenvalue weighted by atomic mass is 35.5. The van der Waals surface area contributed by atoms with Crippen LogP contribution in [0.2, 0.25) is 0 Å². The highest BCUT2D eigenvalue weighted by Crippen LogP contribution is 2.32. The van der Waals surface area contributed by atoms with Crippen molar-refractivity contribution in [2.75, 3.05) is 18.4 Å². The predicted octanol–water partition coefficient (Wildman–Crippen LogP) is 2.73. The maximum absolute atomic E-state index is 11.2. The maximum atomic E-state index is 11.2. The Kier molecular flexibility index (Phi) is 7.94. The van der Waals surface area contributed by atoms with Crippen molar-refractivity contribution in [3.05, 3.63) is 0 Å². The number of halogens is 2. The lowest BCUT2D eigenvalue weighted by atomic mass is 10.4. The van der Waals surface area contributed by atoms with Crippen LogP contribution in [0.4, 0.5) is 0 Å². The van der Waals surface area contributed by atoms with Crippen molar-refractivity contribution in [3.8, 4) is 0 Å². The summed E-state index contributed by atoms with van der Waals surface area (Å²) in [6.07, 6.45) is 0.795. The molecule has 0 amide bonds. The summed E-state index contributed by atoms with van der Waals surface area (Å²) in [5, 5.41) is 0. The van der Waals surface area contributed by atoms with Gasteiger partial charge in [-0.15, -0.1) is 23.2 Å². The highest BCUT2D eigenvalue weighted by molar-refractivity contribution is 7.40. The molecule has 0 aromatic heterocycles. The lowest BCUT2D eigenvalue weighted by molar-refractivity contribution is 0.346. The Morgan fingerprint density at radius 2 is 2.18 bits per heavy atom. The van der Waals surface area contributed by atoms with Crippen molar-refractivity contribution in [3.63, 3.8) is 0 Å². The zero-order valence-electron chi connectivity index (χ0n) is 6.48. The molecule has 5 heteroatoms.